The molecule has 0 aliphatic carbocycles. The Morgan fingerprint density at radius 2 is 2.30 bits per heavy atom. The van der Waals surface area contributed by atoms with E-state index in [9.17, 15) is 8.78 Å². The van der Waals surface area contributed by atoms with E-state index in [4.69, 9.17) is 5.41 Å². The quantitative estimate of drug-likeness (QED) is 0.440. The van der Waals surface area contributed by atoms with Crippen molar-refractivity contribution in [1.29, 1.82) is 5.41 Å². The number of hydrogen-bond acceptors (Lipinski definition) is 1. The molecule has 0 amide bonds. The van der Waals surface area contributed by atoms with E-state index in [0.717, 1.165) is 6.34 Å². The number of halogens is 2. The Hall–Kier alpha value is -0.670. The first kappa shape index (κ1) is 7.44. The van der Waals surface area contributed by atoms with E-state index >= 15 is 0 Å². The van der Waals surface area contributed by atoms with Gasteiger partial charge >= 0.3 is 0 Å². The molecule has 0 saturated carbocycles. The molecule has 58 valence electrons. The van der Waals surface area contributed by atoms with E-state index in [1.54, 1.807) is 6.92 Å². The standard InChI is InChI=1S/C6H10F2N2/c1-5-2-6(7,8)3-10(5)4-9/h4-5,9H,2-3H2,1H3/t5-/m1/s1. The number of nitrogens with one attached hydrogen (secondary N) is 1. The normalized spacial score (nSPS) is 30.7. The second-order valence-corrected chi connectivity index (χ2v) is 2.71. The van der Waals surface area contributed by atoms with Crippen molar-refractivity contribution >= 4 is 6.34 Å². The Morgan fingerprint density at radius 3 is 2.50 bits per heavy atom. The number of rotatable bonds is 1. The summed E-state index contributed by atoms with van der Waals surface area (Å²) in [5, 5.41) is 6.77. The van der Waals surface area contributed by atoms with Crippen LogP contribution in [0.1, 0.15) is 13.3 Å². The summed E-state index contributed by atoms with van der Waals surface area (Å²) in [5.74, 6) is -2.59. The molecule has 1 aliphatic heterocycles. The molecule has 0 aromatic heterocycles. The van der Waals surface area contributed by atoms with Gasteiger partial charge in [0.1, 0.15) is 0 Å². The zero-order valence-electron chi connectivity index (χ0n) is 5.77. The molecule has 10 heavy (non-hydrogen) atoms. The van der Waals surface area contributed by atoms with E-state index in [-0.39, 0.29) is 19.0 Å². The van der Waals surface area contributed by atoms with Crippen molar-refractivity contribution in [3.8, 4) is 0 Å². The number of likely N-dealkylation sites (tertiary alicyclic amines) is 1. The van der Waals surface area contributed by atoms with Crippen LogP contribution in [0.5, 0.6) is 0 Å². The van der Waals surface area contributed by atoms with Crippen LogP contribution in [0.3, 0.4) is 0 Å². The molecule has 0 aromatic carbocycles. The lowest BCUT2D eigenvalue weighted by Crippen LogP contribution is -2.26. The Bertz CT molecular complexity index is 147. The molecule has 0 aromatic rings. The van der Waals surface area contributed by atoms with Crippen LogP contribution in [0, 0.1) is 5.41 Å². The van der Waals surface area contributed by atoms with E-state index in [0.29, 0.717) is 0 Å². The largest absolute Gasteiger partial charge is 0.354 e. The summed E-state index contributed by atoms with van der Waals surface area (Å²) >= 11 is 0. The smallest absolute Gasteiger partial charge is 0.267 e. The van der Waals surface area contributed by atoms with Gasteiger partial charge in [-0.15, -0.1) is 0 Å². The molecular weight excluding hydrogens is 138 g/mol. The van der Waals surface area contributed by atoms with Gasteiger partial charge in [0.05, 0.1) is 12.9 Å². The molecule has 0 radical (unpaired) electrons. The summed E-state index contributed by atoms with van der Waals surface area (Å²) in [4.78, 5) is 1.35. The minimum absolute atomic E-state index is 0.123. The number of alkyl halides is 2. The first-order valence-electron chi connectivity index (χ1n) is 3.19. The molecule has 1 fully saturated rings. The Kier molecular flexibility index (Phi) is 1.62. The van der Waals surface area contributed by atoms with E-state index in [2.05, 4.69) is 0 Å². The minimum Gasteiger partial charge on any atom is -0.354 e. The molecule has 1 rings (SSSR count). The van der Waals surface area contributed by atoms with Gasteiger partial charge in [-0.3, -0.25) is 5.41 Å². The average Bonchev–Trinajstić information content (AvgIpc) is 2.05. The van der Waals surface area contributed by atoms with Crippen LogP contribution in [0.25, 0.3) is 0 Å². The zero-order valence-corrected chi connectivity index (χ0v) is 5.77. The summed E-state index contributed by atoms with van der Waals surface area (Å²) in [6.07, 6.45) is 0.855. The molecule has 1 heterocycles. The second-order valence-electron chi connectivity index (χ2n) is 2.71. The highest BCUT2D eigenvalue weighted by Gasteiger charge is 2.41. The highest BCUT2D eigenvalue weighted by atomic mass is 19.3. The van der Waals surface area contributed by atoms with E-state index in [1.165, 1.54) is 4.90 Å². The van der Waals surface area contributed by atoms with Gasteiger partial charge in [0.25, 0.3) is 5.92 Å². The third-order valence-corrected chi connectivity index (χ3v) is 1.74. The maximum absolute atomic E-state index is 12.5. The minimum atomic E-state index is -2.59. The second kappa shape index (κ2) is 2.18. The van der Waals surface area contributed by atoms with Crippen molar-refractivity contribution in [3.05, 3.63) is 0 Å². The third kappa shape index (κ3) is 1.25. The molecule has 1 atom stereocenters. The molecule has 1 saturated heterocycles. The van der Waals surface area contributed by atoms with Gasteiger partial charge in [-0.25, -0.2) is 8.78 Å². The maximum atomic E-state index is 12.5. The van der Waals surface area contributed by atoms with Crippen LogP contribution in [0.2, 0.25) is 0 Å². The summed E-state index contributed by atoms with van der Waals surface area (Å²) in [6.45, 7) is 1.41. The van der Waals surface area contributed by atoms with Crippen LogP contribution in [-0.2, 0) is 0 Å². The molecule has 1 N–H and O–H groups in total. The number of nitrogens with zero attached hydrogens (tertiary/aromatic N) is 1. The predicted molar refractivity (Wildman–Crippen MR) is 34.5 cm³/mol. The van der Waals surface area contributed by atoms with Crippen LogP contribution >= 0.6 is 0 Å². The van der Waals surface area contributed by atoms with Crippen LogP contribution in [-0.4, -0.2) is 29.7 Å². The van der Waals surface area contributed by atoms with Crippen molar-refractivity contribution in [2.75, 3.05) is 6.54 Å². The van der Waals surface area contributed by atoms with Crippen molar-refractivity contribution in [2.24, 2.45) is 0 Å². The average molecular weight is 148 g/mol. The first-order chi connectivity index (χ1) is 4.55. The Morgan fingerprint density at radius 1 is 1.70 bits per heavy atom. The predicted octanol–water partition coefficient (Wildman–Crippen LogP) is 1.32. The van der Waals surface area contributed by atoms with Crippen LogP contribution < -0.4 is 0 Å². The van der Waals surface area contributed by atoms with Crippen molar-refractivity contribution < 1.29 is 8.78 Å². The summed E-state index contributed by atoms with van der Waals surface area (Å²) in [7, 11) is 0. The fourth-order valence-electron chi connectivity index (χ4n) is 1.21. The van der Waals surface area contributed by atoms with Gasteiger partial charge in [0.15, 0.2) is 0 Å². The number of hydrogen-bond donors (Lipinski definition) is 1. The summed E-state index contributed by atoms with van der Waals surface area (Å²) in [5.41, 5.74) is 0. The molecular formula is C6H10F2N2. The SMILES string of the molecule is C[C@@H]1CC(F)(F)CN1C=N. The molecule has 0 unspecified atom stereocenters. The monoisotopic (exact) mass is 148 g/mol. The van der Waals surface area contributed by atoms with Gasteiger partial charge in [0, 0.05) is 12.5 Å². The highest BCUT2D eigenvalue weighted by Crippen LogP contribution is 2.30. The van der Waals surface area contributed by atoms with Gasteiger partial charge in [-0.1, -0.05) is 0 Å². The molecule has 2 nitrogen and oxygen atoms in total. The Labute approximate surface area is 58.3 Å². The van der Waals surface area contributed by atoms with Gasteiger partial charge in [-0.2, -0.15) is 0 Å². The lowest BCUT2D eigenvalue weighted by molar-refractivity contribution is 0.0169. The fourth-order valence-corrected chi connectivity index (χ4v) is 1.21. The highest BCUT2D eigenvalue weighted by molar-refractivity contribution is 5.52. The molecule has 0 spiro atoms. The van der Waals surface area contributed by atoms with Crippen LogP contribution in [0.4, 0.5) is 8.78 Å². The summed E-state index contributed by atoms with van der Waals surface area (Å²) < 4.78 is 25.0. The lowest BCUT2D eigenvalue weighted by Gasteiger charge is -2.14. The van der Waals surface area contributed by atoms with Gasteiger partial charge in [-0.05, 0) is 6.92 Å². The third-order valence-electron chi connectivity index (χ3n) is 1.74. The molecule has 1 aliphatic rings. The topological polar surface area (TPSA) is 27.1 Å². The van der Waals surface area contributed by atoms with Gasteiger partial charge in [0.2, 0.25) is 0 Å². The first-order valence-corrected chi connectivity index (χ1v) is 3.19. The molecule has 0 bridgehead atoms. The van der Waals surface area contributed by atoms with E-state index < -0.39 is 5.92 Å². The lowest BCUT2D eigenvalue weighted by atomic mass is 10.2. The Balaban J connectivity index is 2.60. The van der Waals surface area contributed by atoms with E-state index in [1.807, 2.05) is 0 Å². The maximum Gasteiger partial charge on any atom is 0.267 e. The van der Waals surface area contributed by atoms with Crippen molar-refractivity contribution in [3.63, 3.8) is 0 Å². The van der Waals surface area contributed by atoms with Gasteiger partial charge < -0.3 is 4.90 Å². The van der Waals surface area contributed by atoms with Crippen LogP contribution in [0.15, 0.2) is 0 Å². The fraction of sp³-hybridized carbons (Fsp3) is 0.833. The zero-order chi connectivity index (χ0) is 7.78. The summed E-state index contributed by atoms with van der Waals surface area (Å²) in [6, 6.07) is -0.188. The van der Waals surface area contributed by atoms with Crippen molar-refractivity contribution in [1.82, 2.24) is 4.90 Å². The molecule has 4 heteroatoms. The van der Waals surface area contributed by atoms with Crippen molar-refractivity contribution in [2.45, 2.75) is 25.3 Å².